The molecule has 0 bridgehead atoms. The maximum Gasteiger partial charge on any atom is 0.234 e. The molecule has 2 aromatic rings. The van der Waals surface area contributed by atoms with Crippen LogP contribution in [0.25, 0.3) is 0 Å². The van der Waals surface area contributed by atoms with Crippen LogP contribution in [0.2, 0.25) is 0 Å². The van der Waals surface area contributed by atoms with E-state index in [-0.39, 0.29) is 17.3 Å². The molecule has 1 aromatic carbocycles. The van der Waals surface area contributed by atoms with Crippen molar-refractivity contribution in [2.45, 2.75) is 25.3 Å². The normalized spacial score (nSPS) is 19.8. The lowest BCUT2D eigenvalue weighted by atomic mass is 9.92. The summed E-state index contributed by atoms with van der Waals surface area (Å²) in [4.78, 5) is 23.0. The molecule has 144 valence electrons. The van der Waals surface area contributed by atoms with Crippen LogP contribution < -0.4 is 10.2 Å². The molecule has 0 saturated carbocycles. The average molecular weight is 453 g/mol. The van der Waals surface area contributed by atoms with Gasteiger partial charge < -0.3 is 10.2 Å². The summed E-state index contributed by atoms with van der Waals surface area (Å²) >= 11 is 4.51. The molecule has 3 rings (SSSR count). The van der Waals surface area contributed by atoms with Crippen LogP contribution in [0.5, 0.6) is 0 Å². The molecule has 1 aliphatic heterocycles. The highest BCUT2D eigenvalue weighted by Gasteiger charge is 2.23. The maximum atomic E-state index is 13.8. The average Bonchev–Trinajstić information content (AvgIpc) is 2.62. The highest BCUT2D eigenvalue weighted by Crippen LogP contribution is 2.27. The smallest absolute Gasteiger partial charge is 0.234 e. The number of hydrogen-bond donors (Lipinski definition) is 1. The zero-order valence-electron chi connectivity index (χ0n) is 15.3. The van der Waals surface area contributed by atoms with Crippen LogP contribution in [0, 0.1) is 17.7 Å². The third kappa shape index (κ3) is 5.65. The third-order valence-electron chi connectivity index (χ3n) is 4.38. The van der Waals surface area contributed by atoms with E-state index in [1.165, 1.54) is 36.6 Å². The first-order chi connectivity index (χ1) is 12.9. The van der Waals surface area contributed by atoms with E-state index in [4.69, 9.17) is 0 Å². The Bertz CT molecular complexity index is 812. The fourth-order valence-corrected chi connectivity index (χ4v) is 4.34. The number of hydrogen-bond acceptors (Lipinski definition) is 5. The molecular formula is C19H22BrFN4OS. The number of aromatic nitrogens is 2. The van der Waals surface area contributed by atoms with Crippen LogP contribution in [0.15, 0.2) is 40.1 Å². The van der Waals surface area contributed by atoms with Crippen molar-refractivity contribution in [3.63, 3.8) is 0 Å². The summed E-state index contributed by atoms with van der Waals surface area (Å²) in [5.74, 6) is 1.56. The molecule has 0 radical (unpaired) electrons. The standard InChI is InChI=1S/C19H22BrFN4OS/c1-12-5-13(2)9-25(8-12)17-7-19(23-11-22-17)27-10-18(26)24-16-4-3-14(20)6-15(16)21/h3-4,6-7,11-13H,5,8-10H2,1-2H3,(H,24,26)/t12-,13-/m1/s1. The SMILES string of the molecule is C[C@@H]1C[C@@H](C)CN(c2cc(SCC(=O)Nc3ccc(Br)cc3F)ncn2)C1. The van der Waals surface area contributed by atoms with Crippen molar-refractivity contribution in [3.8, 4) is 0 Å². The van der Waals surface area contributed by atoms with Crippen LogP contribution in [0.1, 0.15) is 20.3 Å². The Kier molecular flexibility index (Phi) is 6.70. The summed E-state index contributed by atoms with van der Waals surface area (Å²) in [5, 5.41) is 3.32. The number of halogens is 2. The summed E-state index contributed by atoms with van der Waals surface area (Å²) in [6, 6.07) is 6.45. The molecule has 27 heavy (non-hydrogen) atoms. The minimum absolute atomic E-state index is 0.152. The first kappa shape index (κ1) is 20.1. The Balaban J connectivity index is 1.58. The van der Waals surface area contributed by atoms with Crippen molar-refractivity contribution in [2.75, 3.05) is 29.1 Å². The molecule has 5 nitrogen and oxygen atoms in total. The largest absolute Gasteiger partial charge is 0.356 e. The van der Waals surface area contributed by atoms with Gasteiger partial charge in [0.15, 0.2) is 0 Å². The number of rotatable bonds is 5. The number of thioether (sulfide) groups is 1. The van der Waals surface area contributed by atoms with E-state index in [2.05, 4.69) is 50.0 Å². The summed E-state index contributed by atoms with van der Waals surface area (Å²) < 4.78 is 14.4. The molecule has 1 aliphatic rings. The molecule has 8 heteroatoms. The van der Waals surface area contributed by atoms with Gasteiger partial charge in [-0.2, -0.15) is 0 Å². The van der Waals surface area contributed by atoms with Crippen molar-refractivity contribution in [1.82, 2.24) is 9.97 Å². The van der Waals surface area contributed by atoms with Crippen molar-refractivity contribution >= 4 is 45.1 Å². The Morgan fingerprint density at radius 3 is 2.74 bits per heavy atom. The second kappa shape index (κ2) is 9.01. The van der Waals surface area contributed by atoms with Crippen molar-refractivity contribution in [3.05, 3.63) is 40.9 Å². The van der Waals surface area contributed by atoms with E-state index < -0.39 is 5.82 Å². The highest BCUT2D eigenvalue weighted by atomic mass is 79.9. The van der Waals surface area contributed by atoms with E-state index in [0.29, 0.717) is 16.3 Å². The quantitative estimate of drug-likeness (QED) is 0.530. The number of carbonyl (C=O) groups excluding carboxylic acids is 1. The van der Waals surface area contributed by atoms with Gasteiger partial charge in [-0.1, -0.05) is 41.5 Å². The predicted molar refractivity (Wildman–Crippen MR) is 111 cm³/mol. The summed E-state index contributed by atoms with van der Waals surface area (Å²) in [7, 11) is 0. The second-order valence-corrected chi connectivity index (χ2v) is 8.94. The molecule has 1 amide bonds. The van der Waals surface area contributed by atoms with Gasteiger partial charge in [0, 0.05) is 23.6 Å². The number of carbonyl (C=O) groups is 1. The lowest BCUT2D eigenvalue weighted by Gasteiger charge is -2.35. The number of anilines is 2. The molecule has 1 saturated heterocycles. The van der Waals surface area contributed by atoms with Crippen molar-refractivity contribution in [1.29, 1.82) is 0 Å². The Morgan fingerprint density at radius 1 is 1.30 bits per heavy atom. The Morgan fingerprint density at radius 2 is 2.04 bits per heavy atom. The van der Waals surface area contributed by atoms with E-state index in [1.807, 2.05) is 6.07 Å². The molecule has 2 atom stereocenters. The van der Waals surface area contributed by atoms with Gasteiger partial charge >= 0.3 is 0 Å². The second-order valence-electron chi connectivity index (χ2n) is 7.03. The van der Waals surface area contributed by atoms with E-state index in [0.717, 1.165) is 23.9 Å². The van der Waals surface area contributed by atoms with E-state index in [1.54, 1.807) is 6.07 Å². The number of benzene rings is 1. The Labute approximate surface area is 171 Å². The molecule has 1 fully saturated rings. The molecule has 1 N–H and O–H groups in total. The summed E-state index contributed by atoms with van der Waals surface area (Å²) in [6.45, 7) is 6.47. The van der Waals surface area contributed by atoms with Crippen LogP contribution in [0.4, 0.5) is 15.9 Å². The zero-order valence-corrected chi connectivity index (χ0v) is 17.7. The molecule has 0 spiro atoms. The van der Waals surface area contributed by atoms with Gasteiger partial charge in [0.05, 0.1) is 11.4 Å². The fourth-order valence-electron chi connectivity index (χ4n) is 3.35. The summed E-state index contributed by atoms with van der Waals surface area (Å²) in [6.07, 6.45) is 2.77. The highest BCUT2D eigenvalue weighted by molar-refractivity contribution is 9.10. The van der Waals surface area contributed by atoms with Gasteiger partial charge in [-0.05, 0) is 36.5 Å². The molecule has 0 unspecified atom stereocenters. The number of piperidine rings is 1. The van der Waals surface area contributed by atoms with Gasteiger partial charge in [-0.25, -0.2) is 14.4 Å². The van der Waals surface area contributed by atoms with Gasteiger partial charge in [0.1, 0.15) is 23.0 Å². The monoisotopic (exact) mass is 452 g/mol. The number of nitrogens with zero attached hydrogens (tertiary/aromatic N) is 3. The van der Waals surface area contributed by atoms with E-state index in [9.17, 15) is 9.18 Å². The third-order valence-corrected chi connectivity index (χ3v) is 5.80. The first-order valence-electron chi connectivity index (χ1n) is 8.85. The number of nitrogens with one attached hydrogen (secondary N) is 1. The lowest BCUT2D eigenvalue weighted by molar-refractivity contribution is -0.113. The van der Waals surface area contributed by atoms with Gasteiger partial charge in [0.25, 0.3) is 0 Å². The molecule has 0 aliphatic carbocycles. The molecular weight excluding hydrogens is 431 g/mol. The molecule has 2 heterocycles. The lowest BCUT2D eigenvalue weighted by Crippen LogP contribution is -2.39. The van der Waals surface area contributed by atoms with Gasteiger partial charge in [-0.15, -0.1) is 0 Å². The predicted octanol–water partition coefficient (Wildman–Crippen LogP) is 4.59. The number of amides is 1. The minimum Gasteiger partial charge on any atom is -0.356 e. The van der Waals surface area contributed by atoms with Gasteiger partial charge in [-0.3, -0.25) is 4.79 Å². The van der Waals surface area contributed by atoms with Crippen LogP contribution >= 0.6 is 27.7 Å². The fraction of sp³-hybridized carbons (Fsp3) is 0.421. The topological polar surface area (TPSA) is 58.1 Å². The molecule has 1 aromatic heterocycles. The van der Waals surface area contributed by atoms with E-state index >= 15 is 0 Å². The first-order valence-corrected chi connectivity index (χ1v) is 10.6. The van der Waals surface area contributed by atoms with Gasteiger partial charge in [0.2, 0.25) is 5.91 Å². The maximum absolute atomic E-state index is 13.8. The zero-order chi connectivity index (χ0) is 19.4. The van der Waals surface area contributed by atoms with Crippen LogP contribution in [0.3, 0.4) is 0 Å². The Hall–Kier alpha value is -1.67. The minimum atomic E-state index is -0.472. The summed E-state index contributed by atoms with van der Waals surface area (Å²) in [5.41, 5.74) is 0.170. The van der Waals surface area contributed by atoms with Crippen LogP contribution in [-0.2, 0) is 4.79 Å². The van der Waals surface area contributed by atoms with Crippen molar-refractivity contribution < 1.29 is 9.18 Å². The van der Waals surface area contributed by atoms with Crippen molar-refractivity contribution in [2.24, 2.45) is 11.8 Å². The van der Waals surface area contributed by atoms with Crippen LogP contribution in [-0.4, -0.2) is 34.7 Å².